The number of para-hydroxylation sites is 1. The van der Waals surface area contributed by atoms with Gasteiger partial charge in [0.15, 0.2) is 0 Å². The summed E-state index contributed by atoms with van der Waals surface area (Å²) in [4.78, 5) is 7.19. The van der Waals surface area contributed by atoms with Gasteiger partial charge in [-0.25, -0.2) is 0 Å². The van der Waals surface area contributed by atoms with E-state index in [1.165, 1.54) is 28.9 Å². The van der Waals surface area contributed by atoms with Crippen molar-refractivity contribution in [3.05, 3.63) is 58.6 Å². The molecule has 0 spiro atoms. The van der Waals surface area contributed by atoms with Gasteiger partial charge >= 0.3 is 0 Å². The van der Waals surface area contributed by atoms with Crippen LogP contribution in [0.15, 0.2) is 42.5 Å². The molecule has 0 N–H and O–H groups in total. The lowest BCUT2D eigenvalue weighted by molar-refractivity contribution is 0.299. The van der Waals surface area contributed by atoms with E-state index in [4.69, 9.17) is 11.6 Å². The van der Waals surface area contributed by atoms with Crippen LogP contribution in [-0.4, -0.2) is 57.1 Å². The number of aryl methyl sites for hydroxylation is 2. The fourth-order valence-electron chi connectivity index (χ4n) is 3.89. The van der Waals surface area contributed by atoms with Crippen molar-refractivity contribution >= 4 is 47.8 Å². The Labute approximate surface area is 193 Å². The molecule has 0 fully saturated rings. The number of benzene rings is 2. The molecular formula is C23H34Cl3N3. The van der Waals surface area contributed by atoms with Crippen molar-refractivity contribution in [1.82, 2.24) is 9.80 Å². The molecule has 3 rings (SSSR count). The first-order valence-electron chi connectivity index (χ1n) is 10.0. The smallest absolute Gasteiger partial charge is 0.0458 e. The van der Waals surface area contributed by atoms with Crippen molar-refractivity contribution in [1.29, 1.82) is 0 Å². The maximum Gasteiger partial charge on any atom is 0.0458 e. The number of anilines is 2. The summed E-state index contributed by atoms with van der Waals surface area (Å²) in [6.45, 7) is 4.43. The van der Waals surface area contributed by atoms with Gasteiger partial charge < -0.3 is 14.7 Å². The predicted molar refractivity (Wildman–Crippen MR) is 132 cm³/mol. The van der Waals surface area contributed by atoms with Crippen molar-refractivity contribution in [2.75, 3.05) is 52.2 Å². The first-order valence-corrected chi connectivity index (χ1v) is 10.4. The highest BCUT2D eigenvalue weighted by molar-refractivity contribution is 6.30. The molecular weight excluding hydrogens is 425 g/mol. The Hall–Kier alpha value is -0.970. The highest BCUT2D eigenvalue weighted by Crippen LogP contribution is 2.37. The average Bonchev–Trinajstić information content (AvgIpc) is 2.79. The number of nitrogens with zero attached hydrogens (tertiary/aromatic N) is 3. The van der Waals surface area contributed by atoms with Gasteiger partial charge in [0.1, 0.15) is 0 Å². The second-order valence-electron chi connectivity index (χ2n) is 7.87. The van der Waals surface area contributed by atoms with Gasteiger partial charge in [0.2, 0.25) is 0 Å². The molecule has 0 aromatic heterocycles. The van der Waals surface area contributed by atoms with Gasteiger partial charge in [-0.1, -0.05) is 35.9 Å². The number of hydrogen-bond donors (Lipinski definition) is 0. The summed E-state index contributed by atoms with van der Waals surface area (Å²) in [6.07, 6.45) is 4.52. The number of halogens is 3. The standard InChI is InChI=1S/C23H32ClN3.2ClH/c1-25(2)14-6-15-26(3)16-7-17-27-22-9-5-4-8-19(22)10-11-20-12-13-21(24)18-23(20)27;;/h4-5,8-9,12-13,18H,6-7,10-11,14-17H2,1-3H3;2*1H. The minimum Gasteiger partial charge on any atom is -0.341 e. The third-order valence-electron chi connectivity index (χ3n) is 5.35. The van der Waals surface area contributed by atoms with Crippen molar-refractivity contribution in [3.63, 3.8) is 0 Å². The Kier molecular flexibility index (Phi) is 11.4. The first kappa shape index (κ1) is 26.1. The fourth-order valence-corrected chi connectivity index (χ4v) is 4.06. The molecule has 0 amide bonds. The number of fused-ring (bicyclic) bond motifs is 2. The van der Waals surface area contributed by atoms with E-state index < -0.39 is 0 Å². The Morgan fingerprint density at radius 3 is 2.21 bits per heavy atom. The SMILES string of the molecule is CN(C)CCCN(C)CCCN1c2ccccc2CCc2ccc(Cl)cc21.Cl.Cl. The van der Waals surface area contributed by atoms with Crippen molar-refractivity contribution in [2.24, 2.45) is 0 Å². The molecule has 6 heteroatoms. The quantitative estimate of drug-likeness (QED) is 0.503. The van der Waals surface area contributed by atoms with E-state index >= 15 is 0 Å². The van der Waals surface area contributed by atoms with Crippen LogP contribution in [0.2, 0.25) is 5.02 Å². The molecule has 1 aliphatic heterocycles. The summed E-state index contributed by atoms with van der Waals surface area (Å²) in [6, 6.07) is 15.2. The number of hydrogen-bond acceptors (Lipinski definition) is 3. The van der Waals surface area contributed by atoms with E-state index in [9.17, 15) is 0 Å². The van der Waals surface area contributed by atoms with E-state index in [2.05, 4.69) is 72.2 Å². The molecule has 0 atom stereocenters. The van der Waals surface area contributed by atoms with Crippen LogP contribution >= 0.6 is 36.4 Å². The van der Waals surface area contributed by atoms with Crippen molar-refractivity contribution in [2.45, 2.75) is 25.7 Å². The van der Waals surface area contributed by atoms with Crippen LogP contribution in [0.5, 0.6) is 0 Å². The van der Waals surface area contributed by atoms with Gasteiger partial charge in [0, 0.05) is 22.9 Å². The third kappa shape index (κ3) is 7.34. The zero-order chi connectivity index (χ0) is 19.2. The Morgan fingerprint density at radius 1 is 0.828 bits per heavy atom. The second-order valence-corrected chi connectivity index (χ2v) is 8.30. The minimum absolute atomic E-state index is 0. The van der Waals surface area contributed by atoms with E-state index in [1.54, 1.807) is 0 Å². The van der Waals surface area contributed by atoms with E-state index in [0.29, 0.717) is 0 Å². The molecule has 2 aromatic carbocycles. The third-order valence-corrected chi connectivity index (χ3v) is 5.59. The summed E-state index contributed by atoms with van der Waals surface area (Å²) in [7, 11) is 6.51. The maximum atomic E-state index is 6.35. The Balaban J connectivity index is 0.00000210. The van der Waals surface area contributed by atoms with Crippen LogP contribution in [0.25, 0.3) is 0 Å². The van der Waals surface area contributed by atoms with Gasteiger partial charge in [-0.3, -0.25) is 0 Å². The molecule has 0 saturated carbocycles. The van der Waals surface area contributed by atoms with Gasteiger partial charge in [-0.15, -0.1) is 24.8 Å². The molecule has 1 aliphatic rings. The van der Waals surface area contributed by atoms with Crippen LogP contribution in [0.4, 0.5) is 11.4 Å². The highest BCUT2D eigenvalue weighted by Gasteiger charge is 2.20. The van der Waals surface area contributed by atoms with Crippen LogP contribution in [-0.2, 0) is 12.8 Å². The molecule has 1 heterocycles. The van der Waals surface area contributed by atoms with Crippen LogP contribution < -0.4 is 4.90 Å². The minimum atomic E-state index is 0. The largest absolute Gasteiger partial charge is 0.341 e. The maximum absolute atomic E-state index is 6.35. The zero-order valence-corrected chi connectivity index (χ0v) is 20.1. The lowest BCUT2D eigenvalue weighted by Crippen LogP contribution is -2.28. The molecule has 29 heavy (non-hydrogen) atoms. The normalized spacial score (nSPS) is 12.7. The van der Waals surface area contributed by atoms with E-state index in [0.717, 1.165) is 50.5 Å². The first-order chi connectivity index (χ1) is 13.0. The zero-order valence-electron chi connectivity index (χ0n) is 17.7. The van der Waals surface area contributed by atoms with E-state index in [1.807, 2.05) is 6.07 Å². The average molecular weight is 459 g/mol. The molecule has 0 aliphatic carbocycles. The summed E-state index contributed by atoms with van der Waals surface area (Å²) < 4.78 is 0. The van der Waals surface area contributed by atoms with Crippen LogP contribution in [0.1, 0.15) is 24.0 Å². The molecule has 2 aromatic rings. The lowest BCUT2D eigenvalue weighted by atomic mass is 10.0. The number of rotatable bonds is 8. The Bertz CT molecular complexity index is 752. The highest BCUT2D eigenvalue weighted by atomic mass is 35.5. The van der Waals surface area contributed by atoms with Gasteiger partial charge in [0.25, 0.3) is 0 Å². The predicted octanol–water partition coefficient (Wildman–Crippen LogP) is 5.69. The second kappa shape index (κ2) is 12.7. The van der Waals surface area contributed by atoms with Gasteiger partial charge in [-0.05, 0) is 95.8 Å². The van der Waals surface area contributed by atoms with Crippen LogP contribution in [0.3, 0.4) is 0 Å². The van der Waals surface area contributed by atoms with Crippen LogP contribution in [0, 0.1) is 0 Å². The molecule has 162 valence electrons. The molecule has 3 nitrogen and oxygen atoms in total. The Morgan fingerprint density at radius 2 is 1.48 bits per heavy atom. The molecule has 0 unspecified atom stereocenters. The van der Waals surface area contributed by atoms with Gasteiger partial charge in [-0.2, -0.15) is 0 Å². The molecule has 0 bridgehead atoms. The summed E-state index contributed by atoms with van der Waals surface area (Å²) in [5.41, 5.74) is 5.45. The van der Waals surface area contributed by atoms with E-state index in [-0.39, 0.29) is 24.8 Å². The lowest BCUT2D eigenvalue weighted by Gasteiger charge is -2.28. The van der Waals surface area contributed by atoms with Crippen molar-refractivity contribution in [3.8, 4) is 0 Å². The summed E-state index contributed by atoms with van der Waals surface area (Å²) >= 11 is 6.35. The summed E-state index contributed by atoms with van der Waals surface area (Å²) in [5, 5.41) is 0.818. The molecule has 0 radical (unpaired) electrons. The topological polar surface area (TPSA) is 9.72 Å². The van der Waals surface area contributed by atoms with Gasteiger partial charge in [0.05, 0.1) is 0 Å². The van der Waals surface area contributed by atoms with Crippen molar-refractivity contribution < 1.29 is 0 Å². The fraction of sp³-hybridized carbons (Fsp3) is 0.478. The molecule has 0 saturated heterocycles. The monoisotopic (exact) mass is 457 g/mol. The summed E-state index contributed by atoms with van der Waals surface area (Å²) in [5.74, 6) is 0.